The largest absolute Gasteiger partial charge is 0.397 e. The first kappa shape index (κ1) is 13.8. The summed E-state index contributed by atoms with van der Waals surface area (Å²) in [6.07, 6.45) is 1.23. The molecule has 0 bridgehead atoms. The fraction of sp³-hybridized carbons (Fsp3) is 0.500. The number of likely N-dealkylation sites (tertiary alicyclic amines) is 1. The number of carbonyl (C=O) groups is 1. The predicted molar refractivity (Wildman–Crippen MR) is 75.8 cm³/mol. The Labute approximate surface area is 113 Å². The second-order valence-corrected chi connectivity index (χ2v) is 5.02. The highest BCUT2D eigenvalue weighted by molar-refractivity contribution is 5.97. The van der Waals surface area contributed by atoms with Gasteiger partial charge in [-0.25, -0.2) is 0 Å². The van der Waals surface area contributed by atoms with Gasteiger partial charge in [0.05, 0.1) is 23.5 Å². The van der Waals surface area contributed by atoms with E-state index in [2.05, 4.69) is 10.2 Å². The van der Waals surface area contributed by atoms with Gasteiger partial charge in [-0.15, -0.1) is 0 Å². The zero-order valence-corrected chi connectivity index (χ0v) is 11.2. The van der Waals surface area contributed by atoms with Crippen molar-refractivity contribution >= 4 is 17.3 Å². The van der Waals surface area contributed by atoms with Crippen LogP contribution >= 0.6 is 0 Å². The average Bonchev–Trinajstić information content (AvgIpc) is 2.41. The molecule has 2 rings (SSSR count). The Morgan fingerprint density at radius 1 is 1.42 bits per heavy atom. The number of para-hydroxylation sites is 2. The van der Waals surface area contributed by atoms with Crippen LogP contribution in [0.2, 0.25) is 0 Å². The minimum absolute atomic E-state index is 0.0608. The average molecular weight is 263 g/mol. The van der Waals surface area contributed by atoms with Crippen LogP contribution in [-0.4, -0.2) is 41.1 Å². The van der Waals surface area contributed by atoms with Crippen molar-refractivity contribution < 1.29 is 9.90 Å². The Morgan fingerprint density at radius 2 is 2.05 bits per heavy atom. The number of benzene rings is 1. The number of nitrogens with zero attached hydrogens (tertiary/aromatic N) is 1. The van der Waals surface area contributed by atoms with Gasteiger partial charge in [-0.1, -0.05) is 12.1 Å². The first-order valence-electron chi connectivity index (χ1n) is 6.65. The molecule has 0 saturated carbocycles. The van der Waals surface area contributed by atoms with Gasteiger partial charge in [0.15, 0.2) is 0 Å². The van der Waals surface area contributed by atoms with Crippen LogP contribution in [-0.2, 0) is 4.79 Å². The van der Waals surface area contributed by atoms with E-state index < -0.39 is 0 Å². The van der Waals surface area contributed by atoms with E-state index in [9.17, 15) is 9.90 Å². The molecule has 1 unspecified atom stereocenters. The maximum atomic E-state index is 12.2. The maximum Gasteiger partial charge on any atom is 0.241 e. The van der Waals surface area contributed by atoms with Crippen molar-refractivity contribution in [2.45, 2.75) is 31.9 Å². The van der Waals surface area contributed by atoms with E-state index in [-0.39, 0.29) is 18.1 Å². The lowest BCUT2D eigenvalue weighted by molar-refractivity contribution is -0.121. The summed E-state index contributed by atoms with van der Waals surface area (Å²) in [4.78, 5) is 14.3. The Kier molecular flexibility index (Phi) is 4.39. The van der Waals surface area contributed by atoms with Crippen LogP contribution in [0.5, 0.6) is 0 Å². The summed E-state index contributed by atoms with van der Waals surface area (Å²) in [7, 11) is 0. The van der Waals surface area contributed by atoms with E-state index in [0.29, 0.717) is 11.4 Å². The molecule has 1 aromatic rings. The standard InChI is InChI=1S/C14H21N3O2/c1-10(17-8-6-11(18)7-9-17)14(19)16-13-5-3-2-4-12(13)15/h2-5,10-11,18H,6-9,15H2,1H3,(H,16,19). The van der Waals surface area contributed by atoms with Gasteiger partial charge < -0.3 is 16.2 Å². The molecule has 1 atom stereocenters. The number of hydrogen-bond acceptors (Lipinski definition) is 4. The summed E-state index contributed by atoms with van der Waals surface area (Å²) in [5.74, 6) is -0.0608. The van der Waals surface area contributed by atoms with Crippen molar-refractivity contribution in [3.05, 3.63) is 24.3 Å². The summed E-state index contributed by atoms with van der Waals surface area (Å²) >= 11 is 0. The predicted octanol–water partition coefficient (Wildman–Crippen LogP) is 1.05. The highest BCUT2D eigenvalue weighted by Crippen LogP contribution is 2.18. The summed E-state index contributed by atoms with van der Waals surface area (Å²) in [6, 6.07) is 7.01. The lowest BCUT2D eigenvalue weighted by Crippen LogP contribution is -2.47. The van der Waals surface area contributed by atoms with E-state index >= 15 is 0 Å². The van der Waals surface area contributed by atoms with Gasteiger partial charge in [-0.05, 0) is 31.9 Å². The van der Waals surface area contributed by atoms with E-state index in [1.54, 1.807) is 12.1 Å². The number of nitrogens with two attached hydrogens (primary N) is 1. The minimum Gasteiger partial charge on any atom is -0.397 e. The second kappa shape index (κ2) is 6.04. The molecule has 0 radical (unpaired) electrons. The SMILES string of the molecule is CC(C(=O)Nc1ccccc1N)N1CCC(O)CC1. The molecule has 5 nitrogen and oxygen atoms in total. The molecule has 1 aliphatic rings. The first-order chi connectivity index (χ1) is 9.08. The third-order valence-electron chi connectivity index (χ3n) is 3.64. The van der Waals surface area contributed by atoms with Gasteiger partial charge in [0.2, 0.25) is 5.91 Å². The molecule has 0 aliphatic carbocycles. The number of amides is 1. The van der Waals surface area contributed by atoms with Crippen LogP contribution in [0, 0.1) is 0 Å². The van der Waals surface area contributed by atoms with Crippen molar-refractivity contribution in [1.82, 2.24) is 4.90 Å². The van der Waals surface area contributed by atoms with Crippen LogP contribution in [0.15, 0.2) is 24.3 Å². The van der Waals surface area contributed by atoms with Crippen molar-refractivity contribution in [1.29, 1.82) is 0 Å². The first-order valence-corrected chi connectivity index (χ1v) is 6.65. The molecular formula is C14H21N3O2. The molecule has 1 amide bonds. The lowest BCUT2D eigenvalue weighted by Gasteiger charge is -2.33. The zero-order chi connectivity index (χ0) is 13.8. The molecule has 5 heteroatoms. The van der Waals surface area contributed by atoms with Gasteiger partial charge in [-0.3, -0.25) is 9.69 Å². The van der Waals surface area contributed by atoms with Gasteiger partial charge in [0, 0.05) is 13.1 Å². The molecule has 1 saturated heterocycles. The summed E-state index contributed by atoms with van der Waals surface area (Å²) < 4.78 is 0. The fourth-order valence-electron chi connectivity index (χ4n) is 2.29. The van der Waals surface area contributed by atoms with Gasteiger partial charge in [0.25, 0.3) is 0 Å². The number of aliphatic hydroxyl groups is 1. The quantitative estimate of drug-likeness (QED) is 0.712. The van der Waals surface area contributed by atoms with Gasteiger partial charge in [-0.2, -0.15) is 0 Å². The number of aliphatic hydroxyl groups excluding tert-OH is 1. The van der Waals surface area contributed by atoms with Crippen LogP contribution in [0.3, 0.4) is 0 Å². The normalized spacial score (nSPS) is 19.1. The van der Waals surface area contributed by atoms with E-state index in [1.165, 1.54) is 0 Å². The molecule has 104 valence electrons. The second-order valence-electron chi connectivity index (χ2n) is 5.02. The molecule has 19 heavy (non-hydrogen) atoms. The number of piperidine rings is 1. The molecular weight excluding hydrogens is 242 g/mol. The van der Waals surface area contributed by atoms with E-state index in [0.717, 1.165) is 25.9 Å². The van der Waals surface area contributed by atoms with Crippen molar-refractivity contribution in [3.8, 4) is 0 Å². The van der Waals surface area contributed by atoms with Crippen LogP contribution in [0.1, 0.15) is 19.8 Å². The Bertz CT molecular complexity index is 442. The summed E-state index contributed by atoms with van der Waals surface area (Å²) in [6.45, 7) is 3.38. The number of hydrogen-bond donors (Lipinski definition) is 3. The lowest BCUT2D eigenvalue weighted by atomic mass is 10.1. The number of nitrogen functional groups attached to an aromatic ring is 1. The minimum atomic E-state index is -0.226. The smallest absolute Gasteiger partial charge is 0.241 e. The number of rotatable bonds is 3. The molecule has 0 spiro atoms. The van der Waals surface area contributed by atoms with E-state index in [4.69, 9.17) is 5.73 Å². The Morgan fingerprint density at radius 3 is 2.68 bits per heavy atom. The Balaban J connectivity index is 1.94. The van der Waals surface area contributed by atoms with Crippen LogP contribution < -0.4 is 11.1 Å². The molecule has 1 fully saturated rings. The van der Waals surface area contributed by atoms with Gasteiger partial charge in [0.1, 0.15) is 0 Å². The topological polar surface area (TPSA) is 78.6 Å². The highest BCUT2D eigenvalue weighted by Gasteiger charge is 2.25. The fourth-order valence-corrected chi connectivity index (χ4v) is 2.29. The third-order valence-corrected chi connectivity index (χ3v) is 3.64. The van der Waals surface area contributed by atoms with Crippen LogP contribution in [0.4, 0.5) is 11.4 Å². The van der Waals surface area contributed by atoms with E-state index in [1.807, 2.05) is 19.1 Å². The maximum absolute atomic E-state index is 12.2. The monoisotopic (exact) mass is 263 g/mol. The highest BCUT2D eigenvalue weighted by atomic mass is 16.3. The molecule has 1 aromatic carbocycles. The Hall–Kier alpha value is -1.59. The van der Waals surface area contributed by atoms with Crippen molar-refractivity contribution in [2.24, 2.45) is 0 Å². The molecule has 0 aromatic heterocycles. The number of nitrogens with one attached hydrogen (secondary N) is 1. The number of carbonyl (C=O) groups excluding carboxylic acids is 1. The van der Waals surface area contributed by atoms with Crippen LogP contribution in [0.25, 0.3) is 0 Å². The molecule has 1 heterocycles. The van der Waals surface area contributed by atoms with Gasteiger partial charge >= 0.3 is 0 Å². The zero-order valence-electron chi connectivity index (χ0n) is 11.2. The summed E-state index contributed by atoms with van der Waals surface area (Å²) in [5.41, 5.74) is 7.02. The summed E-state index contributed by atoms with van der Waals surface area (Å²) in [5, 5.41) is 12.3. The van der Waals surface area contributed by atoms with Crippen molar-refractivity contribution in [3.63, 3.8) is 0 Å². The molecule has 1 aliphatic heterocycles. The van der Waals surface area contributed by atoms with Crippen molar-refractivity contribution in [2.75, 3.05) is 24.1 Å². The number of anilines is 2. The molecule has 4 N–H and O–H groups in total. The third kappa shape index (κ3) is 3.45.